The van der Waals surface area contributed by atoms with Crippen LogP contribution in [0.2, 0.25) is 0 Å². The van der Waals surface area contributed by atoms with Crippen LogP contribution in [0, 0.1) is 6.92 Å². The Bertz CT molecular complexity index is 555. The van der Waals surface area contributed by atoms with Crippen LogP contribution in [0.1, 0.15) is 18.9 Å². The van der Waals surface area contributed by atoms with Crippen molar-refractivity contribution in [2.75, 3.05) is 18.9 Å². The normalized spacial score (nSPS) is 11.3. The van der Waals surface area contributed by atoms with E-state index in [1.54, 1.807) is 19.1 Å². The Labute approximate surface area is 113 Å². The van der Waals surface area contributed by atoms with Crippen LogP contribution in [0.4, 0.5) is 5.69 Å². The van der Waals surface area contributed by atoms with Gasteiger partial charge in [0.05, 0.1) is 5.69 Å². The second-order valence-electron chi connectivity index (χ2n) is 4.01. The molecule has 0 atom stereocenters. The Morgan fingerprint density at radius 1 is 1.42 bits per heavy atom. The van der Waals surface area contributed by atoms with Gasteiger partial charge in [-0.25, -0.2) is 13.1 Å². The molecule has 0 aliphatic rings. The van der Waals surface area contributed by atoms with E-state index in [0.29, 0.717) is 0 Å². The molecule has 0 spiro atoms. The summed E-state index contributed by atoms with van der Waals surface area (Å²) in [5, 5.41) is 0. The topological polar surface area (TPSA) is 98.5 Å². The van der Waals surface area contributed by atoms with E-state index in [-0.39, 0.29) is 36.1 Å². The summed E-state index contributed by atoms with van der Waals surface area (Å²) in [6.07, 6.45) is 0.262. The van der Waals surface area contributed by atoms with Gasteiger partial charge in [0, 0.05) is 13.0 Å². The van der Waals surface area contributed by atoms with Crippen molar-refractivity contribution < 1.29 is 17.9 Å². The first-order valence-electron chi connectivity index (χ1n) is 5.88. The monoisotopic (exact) mass is 286 g/mol. The Kier molecular flexibility index (Phi) is 5.31. The van der Waals surface area contributed by atoms with Crippen molar-refractivity contribution in [1.82, 2.24) is 4.72 Å². The van der Waals surface area contributed by atoms with Crippen LogP contribution >= 0.6 is 0 Å². The van der Waals surface area contributed by atoms with E-state index in [2.05, 4.69) is 4.72 Å². The first kappa shape index (κ1) is 15.5. The quantitative estimate of drug-likeness (QED) is 0.458. The molecule has 7 heteroatoms. The number of nitrogens with two attached hydrogens (primary N) is 1. The van der Waals surface area contributed by atoms with Gasteiger partial charge in [-0.3, -0.25) is 4.79 Å². The van der Waals surface area contributed by atoms with E-state index < -0.39 is 10.0 Å². The fraction of sp³-hybridized carbons (Fsp3) is 0.417. The number of benzene rings is 1. The van der Waals surface area contributed by atoms with Crippen molar-refractivity contribution in [3.63, 3.8) is 0 Å². The minimum Gasteiger partial charge on any atom is -0.464 e. The molecule has 106 valence electrons. The number of rotatable bonds is 6. The molecule has 0 fully saturated rings. The maximum atomic E-state index is 11.9. The largest absolute Gasteiger partial charge is 0.464 e. The predicted molar refractivity (Wildman–Crippen MR) is 72.0 cm³/mol. The van der Waals surface area contributed by atoms with Crippen LogP contribution in [0.15, 0.2) is 23.1 Å². The molecular formula is C12H18N2O4S. The van der Waals surface area contributed by atoms with E-state index in [1.165, 1.54) is 6.07 Å². The highest BCUT2D eigenvalue weighted by Gasteiger charge is 2.16. The first-order chi connectivity index (χ1) is 8.86. The molecule has 0 heterocycles. The van der Waals surface area contributed by atoms with Crippen molar-refractivity contribution in [3.8, 4) is 0 Å². The highest BCUT2D eigenvalue weighted by atomic mass is 32.2. The summed E-state index contributed by atoms with van der Waals surface area (Å²) < 4.78 is 31.0. The molecule has 0 aliphatic heterocycles. The Morgan fingerprint density at radius 3 is 2.68 bits per heavy atom. The highest BCUT2D eigenvalue weighted by molar-refractivity contribution is 7.89. The third kappa shape index (κ3) is 4.53. The van der Waals surface area contributed by atoms with Crippen molar-refractivity contribution in [1.29, 1.82) is 0 Å². The van der Waals surface area contributed by atoms with Gasteiger partial charge in [-0.05, 0) is 24.6 Å². The number of nitrogens with one attached hydrogen (secondary N) is 1. The van der Waals surface area contributed by atoms with Crippen LogP contribution in [0.5, 0.6) is 0 Å². The average molecular weight is 286 g/mol. The van der Waals surface area contributed by atoms with E-state index in [0.717, 1.165) is 5.56 Å². The summed E-state index contributed by atoms with van der Waals surface area (Å²) >= 11 is 0. The molecule has 0 amide bonds. The van der Waals surface area contributed by atoms with Crippen LogP contribution in [-0.2, 0) is 19.6 Å². The Hall–Kier alpha value is -1.60. The van der Waals surface area contributed by atoms with Gasteiger partial charge >= 0.3 is 5.97 Å². The second-order valence-corrected chi connectivity index (χ2v) is 5.75. The molecule has 0 unspecified atom stereocenters. The van der Waals surface area contributed by atoms with E-state index in [4.69, 9.17) is 10.5 Å². The van der Waals surface area contributed by atoms with Gasteiger partial charge in [0.25, 0.3) is 0 Å². The summed E-state index contributed by atoms with van der Waals surface area (Å²) in [5.74, 6) is -0.367. The number of anilines is 1. The number of carbonyl (C=O) groups is 1. The maximum Gasteiger partial charge on any atom is 0.305 e. The molecule has 1 aromatic carbocycles. The fourth-order valence-electron chi connectivity index (χ4n) is 1.43. The molecule has 0 radical (unpaired) electrons. The minimum atomic E-state index is -3.68. The zero-order valence-corrected chi connectivity index (χ0v) is 11.8. The number of hydrogen-bond donors (Lipinski definition) is 2. The lowest BCUT2D eigenvalue weighted by atomic mass is 10.2. The molecule has 3 N–H and O–H groups in total. The van der Waals surface area contributed by atoms with E-state index in [9.17, 15) is 13.2 Å². The maximum absolute atomic E-state index is 11.9. The summed E-state index contributed by atoms with van der Waals surface area (Å²) in [4.78, 5) is 10.9. The van der Waals surface area contributed by atoms with E-state index >= 15 is 0 Å². The lowest BCUT2D eigenvalue weighted by molar-refractivity contribution is -0.142. The van der Waals surface area contributed by atoms with Gasteiger partial charge in [-0.1, -0.05) is 13.0 Å². The van der Waals surface area contributed by atoms with Gasteiger partial charge in [0.2, 0.25) is 10.0 Å². The molecule has 0 saturated carbocycles. The van der Waals surface area contributed by atoms with Crippen LogP contribution < -0.4 is 10.5 Å². The van der Waals surface area contributed by atoms with Gasteiger partial charge in [-0.2, -0.15) is 0 Å². The number of esters is 1. The van der Waals surface area contributed by atoms with Crippen molar-refractivity contribution in [2.24, 2.45) is 0 Å². The van der Waals surface area contributed by atoms with Crippen LogP contribution in [0.3, 0.4) is 0 Å². The van der Waals surface area contributed by atoms with Gasteiger partial charge in [0.1, 0.15) is 11.5 Å². The average Bonchev–Trinajstić information content (AvgIpc) is 2.33. The number of carbonyl (C=O) groups excluding carboxylic acids is 1. The fourth-order valence-corrected chi connectivity index (χ4v) is 2.56. The summed E-state index contributed by atoms with van der Waals surface area (Å²) in [5.41, 5.74) is 6.75. The Morgan fingerprint density at radius 2 is 2.11 bits per heavy atom. The lowest BCUT2D eigenvalue weighted by Crippen LogP contribution is -2.28. The zero-order valence-electron chi connectivity index (χ0n) is 11.0. The number of hydrogen-bond acceptors (Lipinski definition) is 5. The third-order valence-electron chi connectivity index (χ3n) is 2.40. The van der Waals surface area contributed by atoms with Crippen LogP contribution in [0.25, 0.3) is 0 Å². The molecule has 0 aliphatic carbocycles. The standard InChI is InChI=1S/C12H18N2O4S/c1-3-12(15)18-7-6-14-19(16,17)11-5-4-9(2)8-10(11)13/h4-5,8,14H,3,6-7,13H2,1-2H3. The van der Waals surface area contributed by atoms with Crippen molar-refractivity contribution >= 4 is 21.7 Å². The van der Waals surface area contributed by atoms with Crippen molar-refractivity contribution in [2.45, 2.75) is 25.2 Å². The number of aryl methyl sites for hydroxylation is 1. The minimum absolute atomic E-state index is 0.00231. The molecule has 1 aromatic rings. The molecule has 19 heavy (non-hydrogen) atoms. The number of sulfonamides is 1. The zero-order chi connectivity index (χ0) is 14.5. The highest BCUT2D eigenvalue weighted by Crippen LogP contribution is 2.18. The number of ether oxygens (including phenoxy) is 1. The first-order valence-corrected chi connectivity index (χ1v) is 7.36. The SMILES string of the molecule is CCC(=O)OCCNS(=O)(=O)c1ccc(C)cc1N. The molecular weight excluding hydrogens is 268 g/mol. The molecule has 0 bridgehead atoms. The third-order valence-corrected chi connectivity index (χ3v) is 3.94. The van der Waals surface area contributed by atoms with E-state index in [1.807, 2.05) is 6.92 Å². The molecule has 0 saturated heterocycles. The lowest BCUT2D eigenvalue weighted by Gasteiger charge is -2.09. The van der Waals surface area contributed by atoms with Gasteiger partial charge in [-0.15, -0.1) is 0 Å². The smallest absolute Gasteiger partial charge is 0.305 e. The van der Waals surface area contributed by atoms with Gasteiger partial charge < -0.3 is 10.5 Å². The summed E-state index contributed by atoms with van der Waals surface area (Å²) in [6, 6.07) is 4.71. The van der Waals surface area contributed by atoms with Crippen LogP contribution in [-0.4, -0.2) is 27.5 Å². The summed E-state index contributed by atoms with van der Waals surface area (Å²) in [7, 11) is -3.68. The van der Waals surface area contributed by atoms with Gasteiger partial charge in [0.15, 0.2) is 0 Å². The second kappa shape index (κ2) is 6.53. The Balaban J connectivity index is 2.63. The molecule has 0 aromatic heterocycles. The summed E-state index contributed by atoms with van der Waals surface area (Å²) in [6.45, 7) is 3.50. The predicted octanol–water partition coefficient (Wildman–Crippen LogP) is 0.809. The number of nitrogen functional groups attached to an aromatic ring is 1. The molecule has 6 nitrogen and oxygen atoms in total. The van der Waals surface area contributed by atoms with Crippen molar-refractivity contribution in [3.05, 3.63) is 23.8 Å². The molecule has 1 rings (SSSR count).